The molecule has 0 radical (unpaired) electrons. The first-order valence-corrected chi connectivity index (χ1v) is 9.53. The van der Waals surface area contributed by atoms with Gasteiger partial charge in [-0.05, 0) is 31.2 Å². The standard InChI is InChI=1S/C16H22N2O3S/c1-11-4-3-5-12(6-11)9-16(19)18-10-13-7-14(15(18)8-13)17-22(2,20)21/h3-6,13-15,17H,7-10H2,1-2H3. The van der Waals surface area contributed by atoms with Gasteiger partial charge in [0.1, 0.15) is 0 Å². The molecule has 2 bridgehead atoms. The van der Waals surface area contributed by atoms with Gasteiger partial charge in [0.2, 0.25) is 15.9 Å². The molecule has 22 heavy (non-hydrogen) atoms. The minimum Gasteiger partial charge on any atom is -0.338 e. The number of likely N-dealkylation sites (tertiary alicyclic amines) is 1. The van der Waals surface area contributed by atoms with Crippen LogP contribution < -0.4 is 4.72 Å². The van der Waals surface area contributed by atoms with Gasteiger partial charge in [0.05, 0.1) is 12.7 Å². The molecule has 120 valence electrons. The molecule has 3 unspecified atom stereocenters. The van der Waals surface area contributed by atoms with Crippen LogP contribution >= 0.6 is 0 Å². The molecule has 1 aromatic rings. The monoisotopic (exact) mass is 322 g/mol. The fourth-order valence-electron chi connectivity index (χ4n) is 3.81. The lowest BCUT2D eigenvalue weighted by molar-refractivity contribution is -0.132. The fraction of sp³-hybridized carbons (Fsp3) is 0.562. The van der Waals surface area contributed by atoms with Crippen molar-refractivity contribution in [3.8, 4) is 0 Å². The molecule has 1 saturated carbocycles. The molecule has 3 atom stereocenters. The maximum Gasteiger partial charge on any atom is 0.227 e. The number of nitrogens with zero attached hydrogens (tertiary/aromatic N) is 1. The summed E-state index contributed by atoms with van der Waals surface area (Å²) in [5, 5.41) is 0. The second-order valence-corrected chi connectivity index (χ2v) is 8.39. The average Bonchev–Trinajstić information content (AvgIpc) is 2.96. The van der Waals surface area contributed by atoms with Crippen LogP contribution in [0.2, 0.25) is 0 Å². The minimum absolute atomic E-state index is 0.0111. The van der Waals surface area contributed by atoms with Crippen LogP contribution in [0.15, 0.2) is 24.3 Å². The number of benzene rings is 1. The predicted molar refractivity (Wildman–Crippen MR) is 84.9 cm³/mol. The molecule has 1 saturated heterocycles. The normalized spacial score (nSPS) is 27.4. The van der Waals surface area contributed by atoms with Gasteiger partial charge in [-0.15, -0.1) is 0 Å². The molecule has 1 aromatic carbocycles. The molecule has 1 N–H and O–H groups in total. The van der Waals surface area contributed by atoms with Gasteiger partial charge in [0.15, 0.2) is 0 Å². The SMILES string of the molecule is Cc1cccc(CC(=O)N2CC3CC(NS(C)(=O)=O)C2C3)c1. The van der Waals surface area contributed by atoms with Gasteiger partial charge in [-0.2, -0.15) is 0 Å². The zero-order valence-corrected chi connectivity index (χ0v) is 13.8. The molecule has 5 nitrogen and oxygen atoms in total. The number of nitrogens with one attached hydrogen (secondary N) is 1. The van der Waals surface area contributed by atoms with Gasteiger partial charge in [-0.3, -0.25) is 4.79 Å². The Balaban J connectivity index is 1.69. The summed E-state index contributed by atoms with van der Waals surface area (Å²) in [6.07, 6.45) is 3.31. The van der Waals surface area contributed by atoms with E-state index in [0.717, 1.165) is 30.5 Å². The van der Waals surface area contributed by atoms with E-state index in [1.54, 1.807) is 0 Å². The molecular formula is C16H22N2O3S. The molecule has 1 aliphatic carbocycles. The molecule has 1 aliphatic heterocycles. The number of carbonyl (C=O) groups is 1. The summed E-state index contributed by atoms with van der Waals surface area (Å²) in [6.45, 7) is 2.77. The van der Waals surface area contributed by atoms with Crippen LogP contribution in [-0.4, -0.2) is 44.1 Å². The number of carbonyl (C=O) groups excluding carboxylic acids is 1. The maximum absolute atomic E-state index is 12.6. The highest BCUT2D eigenvalue weighted by molar-refractivity contribution is 7.88. The van der Waals surface area contributed by atoms with E-state index in [9.17, 15) is 13.2 Å². The molecule has 0 spiro atoms. The van der Waals surface area contributed by atoms with Crippen LogP contribution in [0.5, 0.6) is 0 Å². The molecule has 2 fully saturated rings. The van der Waals surface area contributed by atoms with Crippen LogP contribution in [0.25, 0.3) is 0 Å². The summed E-state index contributed by atoms with van der Waals surface area (Å²) in [7, 11) is -3.23. The molecule has 0 aromatic heterocycles. The summed E-state index contributed by atoms with van der Waals surface area (Å²) in [5.41, 5.74) is 2.16. The Hall–Kier alpha value is -1.40. The molecule has 2 aliphatic rings. The number of piperidine rings is 1. The quantitative estimate of drug-likeness (QED) is 0.902. The van der Waals surface area contributed by atoms with E-state index in [0.29, 0.717) is 12.3 Å². The van der Waals surface area contributed by atoms with Gasteiger partial charge in [0.25, 0.3) is 0 Å². The van der Waals surface area contributed by atoms with E-state index in [-0.39, 0.29) is 18.0 Å². The molecule has 1 amide bonds. The third-order valence-corrected chi connectivity index (χ3v) is 5.34. The van der Waals surface area contributed by atoms with E-state index in [1.807, 2.05) is 36.1 Å². The number of sulfonamides is 1. The van der Waals surface area contributed by atoms with Gasteiger partial charge in [0, 0.05) is 18.6 Å². The Morgan fingerprint density at radius 2 is 2.14 bits per heavy atom. The van der Waals surface area contributed by atoms with Crippen LogP contribution in [-0.2, 0) is 21.2 Å². The van der Waals surface area contributed by atoms with Gasteiger partial charge < -0.3 is 4.90 Å². The number of aryl methyl sites for hydroxylation is 1. The Kier molecular flexibility index (Phi) is 3.99. The largest absolute Gasteiger partial charge is 0.338 e. The Morgan fingerprint density at radius 3 is 2.77 bits per heavy atom. The first-order valence-electron chi connectivity index (χ1n) is 7.64. The van der Waals surface area contributed by atoms with E-state index >= 15 is 0 Å². The fourth-order valence-corrected chi connectivity index (χ4v) is 4.62. The summed E-state index contributed by atoms with van der Waals surface area (Å²) < 4.78 is 25.6. The van der Waals surface area contributed by atoms with Crippen molar-refractivity contribution in [1.29, 1.82) is 0 Å². The predicted octanol–water partition coefficient (Wildman–Crippen LogP) is 1.08. The Morgan fingerprint density at radius 1 is 1.36 bits per heavy atom. The summed E-state index contributed by atoms with van der Waals surface area (Å²) in [5.74, 6) is 0.517. The van der Waals surface area contributed by atoms with Crippen molar-refractivity contribution in [1.82, 2.24) is 9.62 Å². The van der Waals surface area contributed by atoms with Crippen molar-refractivity contribution in [2.75, 3.05) is 12.8 Å². The molecule has 1 heterocycles. The van der Waals surface area contributed by atoms with E-state index in [2.05, 4.69) is 4.72 Å². The summed E-state index contributed by atoms with van der Waals surface area (Å²) >= 11 is 0. The Bertz CT molecular complexity index is 686. The zero-order valence-electron chi connectivity index (χ0n) is 13.0. The van der Waals surface area contributed by atoms with E-state index < -0.39 is 10.0 Å². The van der Waals surface area contributed by atoms with Crippen LogP contribution in [0.3, 0.4) is 0 Å². The van der Waals surface area contributed by atoms with E-state index in [1.165, 1.54) is 6.26 Å². The first kappa shape index (κ1) is 15.5. The van der Waals surface area contributed by atoms with Crippen molar-refractivity contribution in [2.45, 2.75) is 38.3 Å². The third kappa shape index (κ3) is 3.33. The van der Waals surface area contributed by atoms with Gasteiger partial charge in [-0.1, -0.05) is 29.8 Å². The lowest BCUT2D eigenvalue weighted by Gasteiger charge is -2.33. The van der Waals surface area contributed by atoms with Crippen LogP contribution in [0.4, 0.5) is 0 Å². The van der Waals surface area contributed by atoms with E-state index in [4.69, 9.17) is 0 Å². The Labute approximate surface area is 131 Å². The van der Waals surface area contributed by atoms with Crippen molar-refractivity contribution < 1.29 is 13.2 Å². The zero-order chi connectivity index (χ0) is 15.9. The highest BCUT2D eigenvalue weighted by atomic mass is 32.2. The smallest absolute Gasteiger partial charge is 0.227 e. The summed E-state index contributed by atoms with van der Waals surface area (Å²) in [4.78, 5) is 14.5. The van der Waals surface area contributed by atoms with Gasteiger partial charge in [-0.25, -0.2) is 13.1 Å². The highest BCUT2D eigenvalue weighted by Gasteiger charge is 2.47. The minimum atomic E-state index is -3.23. The van der Waals surface area contributed by atoms with Crippen LogP contribution in [0, 0.1) is 12.8 Å². The number of hydrogen-bond acceptors (Lipinski definition) is 3. The topological polar surface area (TPSA) is 66.5 Å². The van der Waals surface area contributed by atoms with Crippen LogP contribution in [0.1, 0.15) is 24.0 Å². The van der Waals surface area contributed by atoms with Crippen molar-refractivity contribution in [3.05, 3.63) is 35.4 Å². The second-order valence-electron chi connectivity index (χ2n) is 6.61. The molecular weight excluding hydrogens is 300 g/mol. The first-order chi connectivity index (χ1) is 10.3. The number of hydrogen-bond donors (Lipinski definition) is 1. The molecule has 3 rings (SSSR count). The number of rotatable bonds is 4. The number of fused-ring (bicyclic) bond motifs is 2. The van der Waals surface area contributed by atoms with Crippen molar-refractivity contribution in [2.24, 2.45) is 5.92 Å². The molecule has 6 heteroatoms. The third-order valence-electron chi connectivity index (χ3n) is 4.61. The van der Waals surface area contributed by atoms with Gasteiger partial charge >= 0.3 is 0 Å². The van der Waals surface area contributed by atoms with Crippen molar-refractivity contribution >= 4 is 15.9 Å². The summed E-state index contributed by atoms with van der Waals surface area (Å²) in [6, 6.07) is 7.84. The second kappa shape index (κ2) is 5.66. The highest BCUT2D eigenvalue weighted by Crippen LogP contribution is 2.38. The van der Waals surface area contributed by atoms with Crippen molar-refractivity contribution in [3.63, 3.8) is 0 Å². The number of amides is 1. The lowest BCUT2D eigenvalue weighted by Crippen LogP contribution is -2.52. The average molecular weight is 322 g/mol. The maximum atomic E-state index is 12.6. The lowest BCUT2D eigenvalue weighted by atomic mass is 10.0.